The fraction of sp³-hybridized carbons (Fsp3) is 0.500. The first-order chi connectivity index (χ1) is 6.57. The van der Waals surface area contributed by atoms with Gasteiger partial charge in [0.1, 0.15) is 11.2 Å². The summed E-state index contributed by atoms with van der Waals surface area (Å²) >= 11 is 1.51. The van der Waals surface area contributed by atoms with Gasteiger partial charge >= 0.3 is 29.6 Å². The van der Waals surface area contributed by atoms with Crippen molar-refractivity contribution in [2.45, 2.75) is 31.5 Å². The Balaban J connectivity index is 0.00000112. The van der Waals surface area contributed by atoms with Crippen LogP contribution in [0.2, 0.25) is 0 Å². The fourth-order valence-electron chi connectivity index (χ4n) is 1.91. The Morgan fingerprint density at radius 1 is 1.67 bits per heavy atom. The van der Waals surface area contributed by atoms with E-state index in [0.717, 1.165) is 4.88 Å². The quantitative estimate of drug-likeness (QED) is 0.444. The molecule has 2 unspecified atom stereocenters. The average molecular weight is 234 g/mol. The molecule has 0 aliphatic carbocycles. The molecule has 3 nitrogen and oxygen atoms in total. The molecule has 1 aromatic heterocycles. The summed E-state index contributed by atoms with van der Waals surface area (Å²) in [6.07, 6.45) is 0.434. The van der Waals surface area contributed by atoms with Gasteiger partial charge in [0.25, 0.3) is 0 Å². The average Bonchev–Trinajstić information content (AvgIpc) is 2.59. The normalized spacial score (nSPS) is 33.2. The maximum absolute atomic E-state index is 11.0. The van der Waals surface area contributed by atoms with E-state index in [-0.39, 0.29) is 29.6 Å². The SMILES string of the molecule is CCC1(C(=O)[O-])OC1(C)c1cccs1.[Na+]. The zero-order chi connectivity index (χ0) is 10.4. The first-order valence-corrected chi connectivity index (χ1v) is 5.40. The van der Waals surface area contributed by atoms with Gasteiger partial charge in [-0.1, -0.05) is 13.0 Å². The van der Waals surface area contributed by atoms with Gasteiger partial charge in [-0.05, 0) is 24.8 Å². The zero-order valence-corrected chi connectivity index (χ0v) is 11.9. The van der Waals surface area contributed by atoms with E-state index in [2.05, 4.69) is 0 Å². The van der Waals surface area contributed by atoms with Crippen LogP contribution in [-0.2, 0) is 15.1 Å². The number of carboxylic acid groups (broad SMARTS) is 1. The van der Waals surface area contributed by atoms with E-state index < -0.39 is 17.2 Å². The Labute approximate surface area is 115 Å². The molecule has 1 aromatic rings. The molecule has 0 radical (unpaired) electrons. The minimum atomic E-state index is -1.11. The van der Waals surface area contributed by atoms with Gasteiger partial charge in [-0.25, -0.2) is 0 Å². The number of carboxylic acids is 1. The third kappa shape index (κ3) is 1.68. The molecule has 0 N–H and O–H groups in total. The van der Waals surface area contributed by atoms with Crippen LogP contribution in [0, 0.1) is 0 Å². The predicted octanol–water partition coefficient (Wildman–Crippen LogP) is -2.10. The van der Waals surface area contributed by atoms with E-state index in [1.165, 1.54) is 11.3 Å². The van der Waals surface area contributed by atoms with E-state index in [4.69, 9.17) is 4.74 Å². The van der Waals surface area contributed by atoms with Gasteiger partial charge in [-0.2, -0.15) is 0 Å². The number of carbonyl (C=O) groups is 1. The van der Waals surface area contributed by atoms with Crippen LogP contribution in [0.3, 0.4) is 0 Å². The minimum absolute atomic E-state index is 0. The Morgan fingerprint density at radius 2 is 2.33 bits per heavy atom. The van der Waals surface area contributed by atoms with Crippen LogP contribution in [-0.4, -0.2) is 11.6 Å². The zero-order valence-electron chi connectivity index (χ0n) is 9.07. The molecule has 2 rings (SSSR count). The predicted molar refractivity (Wildman–Crippen MR) is 50.8 cm³/mol. The third-order valence-corrected chi connectivity index (χ3v) is 4.00. The standard InChI is InChI=1S/C10H12O3S.Na/c1-3-10(8(11)12)9(2,13-10)7-5-4-6-14-7;/h4-6H,3H2,1-2H3,(H,11,12);/q;+1/p-1. The van der Waals surface area contributed by atoms with Gasteiger partial charge in [0.15, 0.2) is 0 Å². The first kappa shape index (κ1) is 13.2. The minimum Gasteiger partial charge on any atom is -0.547 e. The van der Waals surface area contributed by atoms with Crippen LogP contribution in [0.5, 0.6) is 0 Å². The third-order valence-electron chi connectivity index (χ3n) is 2.93. The maximum atomic E-state index is 11.0. The molecule has 0 amide bonds. The number of hydrogen-bond donors (Lipinski definition) is 0. The Morgan fingerprint density at radius 3 is 2.67 bits per heavy atom. The van der Waals surface area contributed by atoms with Crippen LogP contribution < -0.4 is 34.7 Å². The summed E-state index contributed by atoms with van der Waals surface area (Å²) in [7, 11) is 0. The van der Waals surface area contributed by atoms with Crippen molar-refractivity contribution in [2.24, 2.45) is 0 Å². The molecule has 0 saturated carbocycles. The Hall–Kier alpha value is 0.130. The molecule has 1 fully saturated rings. The monoisotopic (exact) mass is 234 g/mol. The Bertz CT molecular complexity index is 365. The number of epoxide rings is 1. The second-order valence-corrected chi connectivity index (χ2v) is 4.53. The molecule has 2 heterocycles. The van der Waals surface area contributed by atoms with E-state index in [1.54, 1.807) is 13.8 Å². The fourth-order valence-corrected chi connectivity index (χ4v) is 2.80. The van der Waals surface area contributed by atoms with Crippen molar-refractivity contribution < 1.29 is 44.2 Å². The van der Waals surface area contributed by atoms with Gasteiger partial charge in [0, 0.05) is 4.88 Å². The molecule has 0 bridgehead atoms. The van der Waals surface area contributed by atoms with Gasteiger partial charge in [-0.3, -0.25) is 0 Å². The van der Waals surface area contributed by atoms with Crippen molar-refractivity contribution >= 4 is 17.3 Å². The maximum Gasteiger partial charge on any atom is 1.00 e. The molecule has 1 aliphatic rings. The number of thiophene rings is 1. The van der Waals surface area contributed by atoms with E-state index in [1.807, 2.05) is 17.5 Å². The summed E-state index contributed by atoms with van der Waals surface area (Å²) in [5, 5.41) is 12.9. The van der Waals surface area contributed by atoms with E-state index in [9.17, 15) is 9.90 Å². The van der Waals surface area contributed by atoms with E-state index >= 15 is 0 Å². The molecule has 76 valence electrons. The molecule has 15 heavy (non-hydrogen) atoms. The van der Waals surface area contributed by atoms with Gasteiger partial charge in [0.05, 0.1) is 5.97 Å². The number of hydrogen-bond acceptors (Lipinski definition) is 4. The molecule has 1 saturated heterocycles. The van der Waals surface area contributed by atoms with Crippen LogP contribution in [0.25, 0.3) is 0 Å². The molecule has 2 atom stereocenters. The smallest absolute Gasteiger partial charge is 0.547 e. The summed E-state index contributed by atoms with van der Waals surface area (Å²) in [6, 6.07) is 3.79. The first-order valence-electron chi connectivity index (χ1n) is 4.52. The number of aliphatic carboxylic acids is 1. The summed E-state index contributed by atoms with van der Waals surface area (Å²) < 4.78 is 5.40. The topological polar surface area (TPSA) is 52.7 Å². The molecular weight excluding hydrogens is 223 g/mol. The van der Waals surface area contributed by atoms with Gasteiger partial charge in [-0.15, -0.1) is 11.3 Å². The number of ether oxygens (including phenoxy) is 1. The summed E-state index contributed by atoms with van der Waals surface area (Å²) in [5.74, 6) is -1.11. The van der Waals surface area contributed by atoms with Crippen molar-refractivity contribution in [1.29, 1.82) is 0 Å². The number of rotatable bonds is 3. The Kier molecular flexibility index (Phi) is 3.68. The molecule has 0 spiro atoms. The molecule has 5 heteroatoms. The largest absolute Gasteiger partial charge is 1.00 e. The van der Waals surface area contributed by atoms with Crippen LogP contribution in [0.1, 0.15) is 25.1 Å². The second kappa shape index (κ2) is 4.18. The second-order valence-electron chi connectivity index (χ2n) is 3.58. The molecule has 1 aliphatic heterocycles. The van der Waals surface area contributed by atoms with Crippen molar-refractivity contribution in [3.8, 4) is 0 Å². The van der Waals surface area contributed by atoms with Crippen molar-refractivity contribution in [1.82, 2.24) is 0 Å². The van der Waals surface area contributed by atoms with Crippen molar-refractivity contribution in [3.63, 3.8) is 0 Å². The van der Waals surface area contributed by atoms with Gasteiger partial charge in [0.2, 0.25) is 0 Å². The summed E-state index contributed by atoms with van der Waals surface area (Å²) in [6.45, 7) is 3.60. The van der Waals surface area contributed by atoms with Crippen molar-refractivity contribution in [3.05, 3.63) is 22.4 Å². The molecule has 0 aromatic carbocycles. The summed E-state index contributed by atoms with van der Waals surface area (Å²) in [5.41, 5.74) is -1.80. The van der Waals surface area contributed by atoms with Crippen LogP contribution >= 0.6 is 11.3 Å². The summed E-state index contributed by atoms with van der Waals surface area (Å²) in [4.78, 5) is 11.9. The molecular formula is C10H11NaO3S. The van der Waals surface area contributed by atoms with Crippen molar-refractivity contribution in [2.75, 3.05) is 0 Å². The number of carbonyl (C=O) groups excluding carboxylic acids is 1. The van der Waals surface area contributed by atoms with Gasteiger partial charge < -0.3 is 14.6 Å². The van der Waals surface area contributed by atoms with E-state index in [0.29, 0.717) is 6.42 Å². The van der Waals surface area contributed by atoms with Crippen LogP contribution in [0.4, 0.5) is 0 Å². The van der Waals surface area contributed by atoms with Crippen LogP contribution in [0.15, 0.2) is 17.5 Å².